The summed E-state index contributed by atoms with van der Waals surface area (Å²) in [5.74, 6) is 2.21. The zero-order chi connectivity index (χ0) is 19.5. The van der Waals surface area contributed by atoms with Crippen molar-refractivity contribution in [3.05, 3.63) is 82.9 Å². The van der Waals surface area contributed by atoms with Crippen molar-refractivity contribution >= 4 is 11.6 Å². The number of phenols is 2. The lowest BCUT2D eigenvalue weighted by atomic mass is 9.74. The van der Waals surface area contributed by atoms with E-state index >= 15 is 0 Å². The number of fused-ring (bicyclic) bond motifs is 3. The van der Waals surface area contributed by atoms with E-state index in [1.165, 1.54) is 42.4 Å². The van der Waals surface area contributed by atoms with Gasteiger partial charge in [0.05, 0.1) is 0 Å². The van der Waals surface area contributed by atoms with E-state index in [-0.39, 0.29) is 0 Å². The summed E-state index contributed by atoms with van der Waals surface area (Å²) in [7, 11) is 0. The van der Waals surface area contributed by atoms with Crippen molar-refractivity contribution in [3.8, 4) is 22.6 Å². The smallest absolute Gasteiger partial charge is 0.116 e. The molecular formula is C25H25ClO2. The van der Waals surface area contributed by atoms with Crippen molar-refractivity contribution in [2.24, 2.45) is 5.92 Å². The Bertz CT molecular complexity index is 935. The van der Waals surface area contributed by atoms with Crippen LogP contribution in [0.4, 0.5) is 0 Å². The Kier molecular flexibility index (Phi) is 5.59. The molecular weight excluding hydrogens is 368 g/mol. The first kappa shape index (κ1) is 18.9. The van der Waals surface area contributed by atoms with Crippen LogP contribution in [-0.2, 0) is 6.42 Å². The number of benzene rings is 3. The fourth-order valence-electron chi connectivity index (χ4n) is 4.72. The highest BCUT2D eigenvalue weighted by atomic mass is 35.5. The summed E-state index contributed by atoms with van der Waals surface area (Å²) in [5, 5.41) is 19.6. The van der Waals surface area contributed by atoms with Crippen LogP contribution in [0.1, 0.15) is 42.7 Å². The molecule has 0 aromatic heterocycles. The van der Waals surface area contributed by atoms with E-state index in [1.807, 2.05) is 30.3 Å². The second-order valence-corrected chi connectivity index (χ2v) is 8.18. The third kappa shape index (κ3) is 4.02. The number of para-hydroxylation sites is 1. The van der Waals surface area contributed by atoms with Crippen LogP contribution in [0.5, 0.6) is 11.5 Å². The molecule has 0 radical (unpaired) electrons. The van der Waals surface area contributed by atoms with Gasteiger partial charge < -0.3 is 10.2 Å². The minimum Gasteiger partial charge on any atom is -0.508 e. The largest absolute Gasteiger partial charge is 0.508 e. The lowest BCUT2D eigenvalue weighted by Crippen LogP contribution is -2.16. The zero-order valence-electron chi connectivity index (χ0n) is 15.8. The second-order valence-electron chi connectivity index (χ2n) is 7.74. The average molecular weight is 393 g/mol. The van der Waals surface area contributed by atoms with E-state index in [0.717, 1.165) is 22.9 Å². The van der Waals surface area contributed by atoms with Gasteiger partial charge in [0, 0.05) is 5.02 Å². The Balaban J connectivity index is 0.000000233. The minimum absolute atomic E-state index is 0.322. The molecule has 0 saturated heterocycles. The number of aromatic hydroxyl groups is 2. The van der Waals surface area contributed by atoms with Gasteiger partial charge in [0.25, 0.3) is 0 Å². The Morgan fingerprint density at radius 1 is 0.786 bits per heavy atom. The number of halogens is 1. The molecule has 0 spiro atoms. The molecule has 2 aliphatic rings. The van der Waals surface area contributed by atoms with E-state index in [0.29, 0.717) is 17.4 Å². The van der Waals surface area contributed by atoms with Crippen LogP contribution in [0.25, 0.3) is 11.1 Å². The molecule has 144 valence electrons. The van der Waals surface area contributed by atoms with Crippen molar-refractivity contribution in [3.63, 3.8) is 0 Å². The second kappa shape index (κ2) is 8.28. The first-order valence-electron chi connectivity index (χ1n) is 9.97. The molecule has 1 fully saturated rings. The van der Waals surface area contributed by atoms with Crippen LogP contribution >= 0.6 is 11.6 Å². The highest BCUT2D eigenvalue weighted by molar-refractivity contribution is 6.30. The van der Waals surface area contributed by atoms with Gasteiger partial charge >= 0.3 is 0 Å². The standard InChI is InChI=1S/C19H19ClO.C6H6O/c20-14-7-4-13(5-8-14)18-10-15(21)11-19-16-3-1-2-12(16)6-9-17(18)19;7-6-4-2-1-3-5-6/h4-5,7-8,10-12,16,21H,1-3,6,9H2;1-5,7H/t12-,16-;/m1./s1. The van der Waals surface area contributed by atoms with Gasteiger partial charge in [-0.3, -0.25) is 0 Å². The maximum absolute atomic E-state index is 10.2. The van der Waals surface area contributed by atoms with Crippen LogP contribution < -0.4 is 0 Å². The molecule has 2 nitrogen and oxygen atoms in total. The first-order chi connectivity index (χ1) is 13.6. The number of hydrogen-bond acceptors (Lipinski definition) is 2. The summed E-state index contributed by atoms with van der Waals surface area (Å²) in [6, 6.07) is 20.6. The van der Waals surface area contributed by atoms with Gasteiger partial charge in [-0.05, 0) is 96.2 Å². The summed E-state index contributed by atoms with van der Waals surface area (Å²) in [4.78, 5) is 0. The molecule has 3 aromatic rings. The maximum atomic E-state index is 10.2. The molecule has 2 aliphatic carbocycles. The molecule has 0 amide bonds. The van der Waals surface area contributed by atoms with Crippen LogP contribution in [0.15, 0.2) is 66.7 Å². The monoisotopic (exact) mass is 392 g/mol. The van der Waals surface area contributed by atoms with E-state index in [9.17, 15) is 5.11 Å². The summed E-state index contributed by atoms with van der Waals surface area (Å²) in [6.45, 7) is 0. The van der Waals surface area contributed by atoms with Crippen molar-refractivity contribution in [2.45, 2.75) is 38.0 Å². The Labute approximate surface area is 171 Å². The Morgan fingerprint density at radius 2 is 1.54 bits per heavy atom. The van der Waals surface area contributed by atoms with E-state index in [1.54, 1.807) is 24.3 Å². The quantitative estimate of drug-likeness (QED) is 0.471. The number of rotatable bonds is 1. The molecule has 2 N–H and O–H groups in total. The summed E-state index contributed by atoms with van der Waals surface area (Å²) >= 11 is 6.00. The molecule has 28 heavy (non-hydrogen) atoms. The third-order valence-electron chi connectivity index (χ3n) is 6.00. The first-order valence-corrected chi connectivity index (χ1v) is 10.4. The molecule has 0 heterocycles. The van der Waals surface area contributed by atoms with Crippen molar-refractivity contribution < 1.29 is 10.2 Å². The molecule has 0 unspecified atom stereocenters. The molecule has 2 atom stereocenters. The Hall–Kier alpha value is -2.45. The van der Waals surface area contributed by atoms with Gasteiger partial charge in [-0.2, -0.15) is 0 Å². The highest BCUT2D eigenvalue weighted by Crippen LogP contribution is 2.49. The topological polar surface area (TPSA) is 40.5 Å². The van der Waals surface area contributed by atoms with Crippen LogP contribution in [-0.4, -0.2) is 10.2 Å². The number of phenolic OH excluding ortho intramolecular Hbond substituents is 2. The van der Waals surface area contributed by atoms with Gasteiger partial charge in [0.1, 0.15) is 11.5 Å². The third-order valence-corrected chi connectivity index (χ3v) is 6.26. The molecule has 1 saturated carbocycles. The van der Waals surface area contributed by atoms with Gasteiger partial charge in [0.15, 0.2) is 0 Å². The van der Waals surface area contributed by atoms with Gasteiger partial charge in [-0.1, -0.05) is 48.4 Å². The average Bonchev–Trinajstić information content (AvgIpc) is 3.18. The number of hydrogen-bond donors (Lipinski definition) is 2. The van der Waals surface area contributed by atoms with E-state index in [2.05, 4.69) is 12.1 Å². The van der Waals surface area contributed by atoms with Crippen molar-refractivity contribution in [1.82, 2.24) is 0 Å². The normalized spacial score (nSPS) is 19.9. The fraction of sp³-hybridized carbons (Fsp3) is 0.280. The fourth-order valence-corrected chi connectivity index (χ4v) is 4.85. The maximum Gasteiger partial charge on any atom is 0.116 e. The summed E-state index contributed by atoms with van der Waals surface area (Å²) in [6.07, 6.45) is 6.40. The highest BCUT2D eigenvalue weighted by Gasteiger charge is 2.34. The van der Waals surface area contributed by atoms with Crippen molar-refractivity contribution in [2.75, 3.05) is 0 Å². The molecule has 3 heteroatoms. The van der Waals surface area contributed by atoms with Crippen LogP contribution in [0, 0.1) is 5.92 Å². The predicted molar refractivity (Wildman–Crippen MR) is 115 cm³/mol. The zero-order valence-corrected chi connectivity index (χ0v) is 16.6. The van der Waals surface area contributed by atoms with E-state index < -0.39 is 0 Å². The van der Waals surface area contributed by atoms with Gasteiger partial charge in [-0.25, -0.2) is 0 Å². The lowest BCUT2D eigenvalue weighted by Gasteiger charge is -2.30. The van der Waals surface area contributed by atoms with E-state index in [4.69, 9.17) is 16.7 Å². The van der Waals surface area contributed by atoms with Crippen LogP contribution in [0.3, 0.4) is 0 Å². The lowest BCUT2D eigenvalue weighted by molar-refractivity contribution is 0.418. The minimum atomic E-state index is 0.322. The van der Waals surface area contributed by atoms with Gasteiger partial charge in [0.2, 0.25) is 0 Å². The molecule has 0 bridgehead atoms. The summed E-state index contributed by atoms with van der Waals surface area (Å²) in [5.41, 5.74) is 5.18. The Morgan fingerprint density at radius 3 is 2.21 bits per heavy atom. The van der Waals surface area contributed by atoms with Crippen LogP contribution in [0.2, 0.25) is 5.02 Å². The SMILES string of the molecule is Oc1cc(-c2ccc(Cl)cc2)c2c(c1)[C@@H]1CCC[C@@H]1CC2.Oc1ccccc1. The predicted octanol–water partition coefficient (Wildman–Crippen LogP) is 6.93. The van der Waals surface area contributed by atoms with Crippen molar-refractivity contribution in [1.29, 1.82) is 0 Å². The molecule has 5 rings (SSSR count). The molecule has 0 aliphatic heterocycles. The molecule has 3 aromatic carbocycles. The summed E-state index contributed by atoms with van der Waals surface area (Å²) < 4.78 is 0. The van der Waals surface area contributed by atoms with Gasteiger partial charge in [-0.15, -0.1) is 0 Å².